The highest BCUT2D eigenvalue weighted by molar-refractivity contribution is 7.86. The first-order valence-corrected chi connectivity index (χ1v) is 14.7. The second-order valence-corrected chi connectivity index (χ2v) is 10.8. The summed E-state index contributed by atoms with van der Waals surface area (Å²) in [7, 11) is -7.83. The Morgan fingerprint density at radius 3 is 1.31 bits per heavy atom. The first kappa shape index (κ1) is 30.7. The molecule has 0 saturated carbocycles. The molecule has 2 aromatic carbocycles. The van der Waals surface area contributed by atoms with Gasteiger partial charge in [0.2, 0.25) is 0 Å². The third-order valence-corrected chi connectivity index (χ3v) is 6.07. The van der Waals surface area contributed by atoms with Crippen LogP contribution in [0.2, 0.25) is 0 Å². The van der Waals surface area contributed by atoms with Crippen molar-refractivity contribution in [2.45, 2.75) is 45.4 Å². The van der Waals surface area contributed by atoms with Gasteiger partial charge in [0, 0.05) is 0 Å². The van der Waals surface area contributed by atoms with E-state index in [9.17, 15) is 16.8 Å². The first-order valence-electron chi connectivity index (χ1n) is 11.5. The van der Waals surface area contributed by atoms with Crippen molar-refractivity contribution in [3.63, 3.8) is 0 Å². The Labute approximate surface area is 208 Å². The van der Waals surface area contributed by atoms with Gasteiger partial charge in [-0.15, -0.1) is 0 Å². The average Bonchev–Trinajstić information content (AvgIpc) is 2.79. The van der Waals surface area contributed by atoms with Crippen LogP contribution in [0.1, 0.15) is 45.4 Å². The van der Waals surface area contributed by atoms with E-state index in [1.54, 1.807) is 24.3 Å². The number of para-hydroxylation sites is 1. The summed E-state index contributed by atoms with van der Waals surface area (Å²) in [5.41, 5.74) is 0. The molecule has 0 fully saturated rings. The first-order chi connectivity index (χ1) is 16.6. The fourth-order valence-electron chi connectivity index (χ4n) is 2.64. The molecule has 0 radical (unpaired) electrons. The molecule has 0 bridgehead atoms. The molecule has 0 aliphatic carbocycles. The third-order valence-electron chi connectivity index (χ3n) is 4.46. The standard InChI is InChI=1S/C14H22O8S2.C10H14O/c15-23(16,17)11-3-1-9-21-13-5-7-14(8-6-13)22-10-2-4-12-24(18,19)20;1-2-3-9-11-10-7-5-4-6-8-10/h5-8H,1-4,9-12H2,(H,15,16,17)(H,18,19,20);4-8H,2-3,9H2,1H3. The van der Waals surface area contributed by atoms with Crippen LogP contribution in [0.5, 0.6) is 17.2 Å². The minimum atomic E-state index is -3.92. The highest BCUT2D eigenvalue weighted by atomic mass is 32.2. The van der Waals surface area contributed by atoms with Crippen LogP contribution >= 0.6 is 0 Å². The normalized spacial score (nSPS) is 11.3. The van der Waals surface area contributed by atoms with Gasteiger partial charge in [0.15, 0.2) is 0 Å². The summed E-state index contributed by atoms with van der Waals surface area (Å²) in [5.74, 6) is 1.64. The summed E-state index contributed by atoms with van der Waals surface area (Å²) >= 11 is 0. The molecule has 2 N–H and O–H groups in total. The van der Waals surface area contributed by atoms with Gasteiger partial charge in [0.25, 0.3) is 20.2 Å². The molecule has 0 aliphatic heterocycles. The molecule has 2 aromatic rings. The Morgan fingerprint density at radius 2 is 0.943 bits per heavy atom. The fourth-order valence-corrected chi connectivity index (χ4v) is 3.77. The van der Waals surface area contributed by atoms with Gasteiger partial charge in [0.05, 0.1) is 31.3 Å². The van der Waals surface area contributed by atoms with Crippen LogP contribution in [0, 0.1) is 0 Å². The second-order valence-electron chi connectivity index (χ2n) is 7.67. The molecule has 0 saturated heterocycles. The van der Waals surface area contributed by atoms with Crippen molar-refractivity contribution >= 4 is 20.2 Å². The van der Waals surface area contributed by atoms with Crippen molar-refractivity contribution in [1.29, 1.82) is 0 Å². The van der Waals surface area contributed by atoms with Crippen LogP contribution in [0.3, 0.4) is 0 Å². The van der Waals surface area contributed by atoms with Gasteiger partial charge in [-0.1, -0.05) is 31.5 Å². The summed E-state index contributed by atoms with van der Waals surface area (Å²) in [6.07, 6.45) is 3.98. The van der Waals surface area contributed by atoms with E-state index >= 15 is 0 Å². The molecule has 0 aromatic heterocycles. The van der Waals surface area contributed by atoms with E-state index in [0.29, 0.717) is 50.4 Å². The maximum atomic E-state index is 10.5. The van der Waals surface area contributed by atoms with Crippen molar-refractivity contribution < 1.29 is 40.2 Å². The van der Waals surface area contributed by atoms with Gasteiger partial charge in [-0.2, -0.15) is 16.8 Å². The lowest BCUT2D eigenvalue weighted by molar-refractivity contribution is 0.300. The molecule has 0 heterocycles. The Hall–Kier alpha value is -2.34. The number of hydrogen-bond acceptors (Lipinski definition) is 7. The van der Waals surface area contributed by atoms with Gasteiger partial charge in [-0.25, -0.2) is 0 Å². The third kappa shape index (κ3) is 18.6. The lowest BCUT2D eigenvalue weighted by Crippen LogP contribution is -2.06. The topological polar surface area (TPSA) is 136 Å². The zero-order chi connectivity index (χ0) is 26.0. The highest BCUT2D eigenvalue weighted by Crippen LogP contribution is 2.18. The van der Waals surface area contributed by atoms with Crippen molar-refractivity contribution in [3.05, 3.63) is 54.6 Å². The predicted octanol–water partition coefficient (Wildman–Crippen LogP) is 4.65. The smallest absolute Gasteiger partial charge is 0.264 e. The van der Waals surface area contributed by atoms with Gasteiger partial charge in [-0.3, -0.25) is 9.11 Å². The van der Waals surface area contributed by atoms with E-state index in [2.05, 4.69) is 6.92 Å². The maximum absolute atomic E-state index is 10.5. The molecule has 2 rings (SSSR count). The highest BCUT2D eigenvalue weighted by Gasteiger charge is 2.05. The predicted molar refractivity (Wildman–Crippen MR) is 136 cm³/mol. The van der Waals surface area contributed by atoms with Crippen LogP contribution in [-0.4, -0.2) is 57.3 Å². The van der Waals surface area contributed by atoms with E-state index in [-0.39, 0.29) is 11.5 Å². The SMILES string of the molecule is CCCCOc1ccccc1.O=S(=O)(O)CCCCOc1ccc(OCCCCS(=O)(=O)O)cc1. The molecule has 0 unspecified atom stereocenters. The van der Waals surface area contributed by atoms with E-state index in [1.807, 2.05) is 30.3 Å². The number of unbranched alkanes of at least 4 members (excludes halogenated alkanes) is 3. The largest absolute Gasteiger partial charge is 0.494 e. The van der Waals surface area contributed by atoms with Gasteiger partial charge >= 0.3 is 0 Å². The minimum Gasteiger partial charge on any atom is -0.494 e. The van der Waals surface area contributed by atoms with E-state index in [1.165, 1.54) is 6.42 Å². The summed E-state index contributed by atoms with van der Waals surface area (Å²) in [6, 6.07) is 16.7. The van der Waals surface area contributed by atoms with Crippen LogP contribution in [-0.2, 0) is 20.2 Å². The van der Waals surface area contributed by atoms with Gasteiger partial charge < -0.3 is 14.2 Å². The zero-order valence-corrected chi connectivity index (χ0v) is 21.7. The average molecular weight is 533 g/mol. The lowest BCUT2D eigenvalue weighted by Gasteiger charge is -2.08. The van der Waals surface area contributed by atoms with Gasteiger partial charge in [-0.05, 0) is 68.5 Å². The van der Waals surface area contributed by atoms with Crippen LogP contribution in [0.4, 0.5) is 0 Å². The lowest BCUT2D eigenvalue weighted by atomic mass is 10.3. The molecular formula is C24H36O9S2. The summed E-state index contributed by atoms with van der Waals surface area (Å²) in [4.78, 5) is 0. The van der Waals surface area contributed by atoms with Crippen molar-refractivity contribution in [1.82, 2.24) is 0 Å². The quantitative estimate of drug-likeness (QED) is 0.234. The molecule has 0 amide bonds. The second kappa shape index (κ2) is 17.1. The maximum Gasteiger partial charge on any atom is 0.264 e. The molecular weight excluding hydrogens is 496 g/mol. The van der Waals surface area contributed by atoms with Crippen LogP contribution in [0.15, 0.2) is 54.6 Å². The van der Waals surface area contributed by atoms with Crippen molar-refractivity contribution in [3.8, 4) is 17.2 Å². The Kier molecular flexibility index (Phi) is 15.0. The number of benzene rings is 2. The molecule has 9 nitrogen and oxygen atoms in total. The number of ether oxygens (including phenoxy) is 3. The van der Waals surface area contributed by atoms with E-state index in [4.69, 9.17) is 23.3 Å². The molecule has 0 spiro atoms. The van der Waals surface area contributed by atoms with Crippen LogP contribution in [0.25, 0.3) is 0 Å². The summed E-state index contributed by atoms with van der Waals surface area (Å²) in [6.45, 7) is 3.67. The molecule has 11 heteroatoms. The monoisotopic (exact) mass is 532 g/mol. The summed E-state index contributed by atoms with van der Waals surface area (Å²) in [5, 5.41) is 0. The van der Waals surface area contributed by atoms with Gasteiger partial charge in [0.1, 0.15) is 17.2 Å². The van der Waals surface area contributed by atoms with Crippen LogP contribution < -0.4 is 14.2 Å². The molecule has 198 valence electrons. The summed E-state index contributed by atoms with van der Waals surface area (Å²) < 4.78 is 75.6. The molecule has 35 heavy (non-hydrogen) atoms. The Balaban J connectivity index is 0.000000462. The Bertz CT molecular complexity index is 946. The Morgan fingerprint density at radius 1 is 0.571 bits per heavy atom. The molecule has 0 aliphatic rings. The zero-order valence-electron chi connectivity index (χ0n) is 20.0. The number of rotatable bonds is 16. The number of hydrogen-bond donors (Lipinski definition) is 2. The van der Waals surface area contributed by atoms with E-state index < -0.39 is 20.2 Å². The van der Waals surface area contributed by atoms with Crippen molar-refractivity contribution in [2.24, 2.45) is 0 Å². The fraction of sp³-hybridized carbons (Fsp3) is 0.500. The minimum absolute atomic E-state index is 0.277. The molecule has 0 atom stereocenters. The van der Waals surface area contributed by atoms with E-state index in [0.717, 1.165) is 18.8 Å². The van der Waals surface area contributed by atoms with Crippen molar-refractivity contribution in [2.75, 3.05) is 31.3 Å².